The van der Waals surface area contributed by atoms with E-state index in [2.05, 4.69) is 10.2 Å². The number of likely N-dealkylation sites (N-methyl/N-ethyl adjacent to an activating group) is 1. The summed E-state index contributed by atoms with van der Waals surface area (Å²) >= 11 is 0. The molecule has 4 heteroatoms. The van der Waals surface area contributed by atoms with Gasteiger partial charge in [-0.15, -0.1) is 0 Å². The van der Waals surface area contributed by atoms with Gasteiger partial charge in [-0.05, 0) is 31.8 Å². The fourth-order valence-corrected chi connectivity index (χ4v) is 2.31. The fourth-order valence-electron chi connectivity index (χ4n) is 2.31. The van der Waals surface area contributed by atoms with Crippen LogP contribution < -0.4 is 5.32 Å². The molecule has 1 atom stereocenters. The lowest BCUT2D eigenvalue weighted by Crippen LogP contribution is -2.33. The smallest absolute Gasteiger partial charge is 0.244 e. The quantitative estimate of drug-likeness (QED) is 0.830. The number of benzene rings is 2. The highest BCUT2D eigenvalue weighted by molar-refractivity contribution is 5.91. The van der Waals surface area contributed by atoms with Crippen LogP contribution in [0.1, 0.15) is 17.2 Å². The summed E-state index contributed by atoms with van der Waals surface area (Å²) in [5.74, 6) is -0.581. The van der Waals surface area contributed by atoms with Gasteiger partial charge in [-0.3, -0.25) is 4.79 Å². The first-order valence-electron chi connectivity index (χ1n) is 7.49. The molecule has 0 aliphatic carbocycles. The summed E-state index contributed by atoms with van der Waals surface area (Å²) in [5.41, 5.74) is 1.53. The van der Waals surface area contributed by atoms with Crippen molar-refractivity contribution in [2.75, 3.05) is 20.6 Å². The molecule has 120 valence electrons. The van der Waals surface area contributed by atoms with Crippen LogP contribution >= 0.6 is 0 Å². The van der Waals surface area contributed by atoms with Gasteiger partial charge in [0.15, 0.2) is 0 Å². The molecule has 0 spiro atoms. The van der Waals surface area contributed by atoms with Crippen LogP contribution in [0.15, 0.2) is 60.7 Å². The number of hydrogen-bond donors (Lipinski definition) is 1. The van der Waals surface area contributed by atoms with E-state index in [9.17, 15) is 9.18 Å². The first kappa shape index (κ1) is 16.9. The first-order chi connectivity index (χ1) is 11.1. The van der Waals surface area contributed by atoms with Gasteiger partial charge < -0.3 is 10.2 Å². The molecule has 2 aromatic rings. The Kier molecular flexibility index (Phi) is 6.06. The number of halogens is 1. The van der Waals surface area contributed by atoms with Crippen molar-refractivity contribution in [3.05, 3.63) is 77.6 Å². The van der Waals surface area contributed by atoms with Gasteiger partial charge in [0.25, 0.3) is 0 Å². The number of amides is 1. The van der Waals surface area contributed by atoms with Gasteiger partial charge in [0, 0.05) is 18.2 Å². The van der Waals surface area contributed by atoms with Crippen LogP contribution in [0.2, 0.25) is 0 Å². The molecule has 1 amide bonds. The van der Waals surface area contributed by atoms with Crippen LogP contribution in [0.4, 0.5) is 4.39 Å². The molecule has 0 saturated heterocycles. The van der Waals surface area contributed by atoms with Crippen LogP contribution in [-0.4, -0.2) is 31.4 Å². The van der Waals surface area contributed by atoms with Crippen molar-refractivity contribution in [2.24, 2.45) is 0 Å². The van der Waals surface area contributed by atoms with Crippen LogP contribution in [0, 0.1) is 5.82 Å². The van der Waals surface area contributed by atoms with Crippen molar-refractivity contribution in [1.29, 1.82) is 0 Å². The van der Waals surface area contributed by atoms with Gasteiger partial charge >= 0.3 is 0 Å². The zero-order valence-electron chi connectivity index (χ0n) is 13.4. The van der Waals surface area contributed by atoms with Gasteiger partial charge in [-0.25, -0.2) is 4.39 Å². The molecule has 0 radical (unpaired) electrons. The molecule has 0 fully saturated rings. The third kappa shape index (κ3) is 5.04. The molecule has 2 rings (SSSR count). The molecule has 0 saturated carbocycles. The molecular formula is C19H21FN2O. The number of nitrogens with zero attached hydrogens (tertiary/aromatic N) is 1. The van der Waals surface area contributed by atoms with E-state index >= 15 is 0 Å². The Morgan fingerprint density at radius 1 is 1.13 bits per heavy atom. The summed E-state index contributed by atoms with van der Waals surface area (Å²) in [4.78, 5) is 14.0. The van der Waals surface area contributed by atoms with Gasteiger partial charge in [-0.2, -0.15) is 0 Å². The number of hydrogen-bond acceptors (Lipinski definition) is 2. The predicted octanol–water partition coefficient (Wildman–Crippen LogP) is 3.26. The Morgan fingerprint density at radius 3 is 2.43 bits per heavy atom. The minimum Gasteiger partial charge on any atom is -0.351 e. The van der Waals surface area contributed by atoms with E-state index in [1.165, 1.54) is 18.2 Å². The van der Waals surface area contributed by atoms with Crippen LogP contribution in [-0.2, 0) is 4.79 Å². The van der Waals surface area contributed by atoms with E-state index < -0.39 is 0 Å². The van der Waals surface area contributed by atoms with Crippen LogP contribution in [0.5, 0.6) is 0 Å². The summed E-state index contributed by atoms with van der Waals surface area (Å²) in [6.07, 6.45) is 2.84. The Bertz CT molecular complexity index is 668. The summed E-state index contributed by atoms with van der Waals surface area (Å²) in [6.45, 7) is 0.484. The number of carbonyl (C=O) groups excluding carboxylic acids is 1. The van der Waals surface area contributed by atoms with E-state index in [-0.39, 0.29) is 17.8 Å². The van der Waals surface area contributed by atoms with Crippen molar-refractivity contribution in [3.63, 3.8) is 0 Å². The topological polar surface area (TPSA) is 32.3 Å². The second kappa shape index (κ2) is 8.25. The molecule has 23 heavy (non-hydrogen) atoms. The highest BCUT2D eigenvalue weighted by atomic mass is 19.1. The summed E-state index contributed by atoms with van der Waals surface area (Å²) in [5, 5.41) is 2.86. The predicted molar refractivity (Wildman–Crippen MR) is 91.3 cm³/mol. The zero-order valence-corrected chi connectivity index (χ0v) is 13.4. The summed E-state index contributed by atoms with van der Waals surface area (Å²) in [6, 6.07) is 16.4. The first-order valence-corrected chi connectivity index (χ1v) is 7.49. The number of rotatable bonds is 6. The molecule has 2 aromatic carbocycles. The Labute approximate surface area is 136 Å². The number of nitrogens with one attached hydrogen (secondary N) is 1. The van der Waals surface area contributed by atoms with Crippen molar-refractivity contribution in [1.82, 2.24) is 10.2 Å². The van der Waals surface area contributed by atoms with Crippen molar-refractivity contribution in [2.45, 2.75) is 6.04 Å². The SMILES string of the molecule is CN(C)C(CNC(=O)/C=C/c1ccccc1F)c1ccccc1. The molecule has 0 aliphatic rings. The third-order valence-electron chi connectivity index (χ3n) is 3.60. The molecule has 0 aliphatic heterocycles. The Morgan fingerprint density at radius 2 is 1.78 bits per heavy atom. The maximum Gasteiger partial charge on any atom is 0.244 e. The van der Waals surface area contributed by atoms with E-state index in [1.807, 2.05) is 44.4 Å². The lowest BCUT2D eigenvalue weighted by molar-refractivity contribution is -0.116. The average Bonchev–Trinajstić information content (AvgIpc) is 2.55. The standard InChI is InChI=1S/C19H21FN2O/c1-22(2)18(16-9-4-3-5-10-16)14-21-19(23)13-12-15-8-6-7-11-17(15)20/h3-13,18H,14H2,1-2H3,(H,21,23)/b13-12+. The fraction of sp³-hybridized carbons (Fsp3) is 0.211. The van der Waals surface area contributed by atoms with Gasteiger partial charge in [0.1, 0.15) is 5.82 Å². The Balaban J connectivity index is 1.96. The van der Waals surface area contributed by atoms with Crippen LogP contribution in [0.3, 0.4) is 0 Å². The minimum atomic E-state index is -0.341. The average molecular weight is 312 g/mol. The molecule has 1 N–H and O–H groups in total. The van der Waals surface area contributed by atoms with E-state index in [1.54, 1.807) is 18.2 Å². The maximum atomic E-state index is 13.5. The Hall–Kier alpha value is -2.46. The lowest BCUT2D eigenvalue weighted by Gasteiger charge is -2.24. The van der Waals surface area contributed by atoms with Crippen molar-refractivity contribution < 1.29 is 9.18 Å². The van der Waals surface area contributed by atoms with Gasteiger partial charge in [0.2, 0.25) is 5.91 Å². The normalized spacial score (nSPS) is 12.5. The van der Waals surface area contributed by atoms with E-state index in [0.29, 0.717) is 12.1 Å². The van der Waals surface area contributed by atoms with Crippen molar-refractivity contribution in [3.8, 4) is 0 Å². The highest BCUT2D eigenvalue weighted by Gasteiger charge is 2.14. The van der Waals surface area contributed by atoms with Crippen molar-refractivity contribution >= 4 is 12.0 Å². The largest absolute Gasteiger partial charge is 0.351 e. The zero-order chi connectivity index (χ0) is 16.7. The molecule has 0 aromatic heterocycles. The van der Waals surface area contributed by atoms with E-state index in [4.69, 9.17) is 0 Å². The third-order valence-corrected chi connectivity index (χ3v) is 3.60. The second-order valence-electron chi connectivity index (χ2n) is 5.49. The monoisotopic (exact) mass is 312 g/mol. The molecule has 1 unspecified atom stereocenters. The lowest BCUT2D eigenvalue weighted by atomic mass is 10.1. The summed E-state index contributed by atoms with van der Waals surface area (Å²) in [7, 11) is 3.94. The van der Waals surface area contributed by atoms with Gasteiger partial charge in [-0.1, -0.05) is 48.5 Å². The molecule has 0 heterocycles. The number of carbonyl (C=O) groups is 1. The van der Waals surface area contributed by atoms with E-state index in [0.717, 1.165) is 5.56 Å². The molecular weight excluding hydrogens is 291 g/mol. The second-order valence-corrected chi connectivity index (χ2v) is 5.49. The molecule has 0 bridgehead atoms. The minimum absolute atomic E-state index is 0.0852. The van der Waals surface area contributed by atoms with Gasteiger partial charge in [0.05, 0.1) is 6.04 Å². The maximum absolute atomic E-state index is 13.5. The van der Waals surface area contributed by atoms with Crippen LogP contribution in [0.25, 0.3) is 6.08 Å². The summed E-state index contributed by atoms with van der Waals surface area (Å²) < 4.78 is 13.5. The molecule has 3 nitrogen and oxygen atoms in total. The highest BCUT2D eigenvalue weighted by Crippen LogP contribution is 2.16.